The Hall–Kier alpha value is -0.900. The van der Waals surface area contributed by atoms with E-state index < -0.39 is 0 Å². The molecule has 2 saturated heterocycles. The van der Waals surface area contributed by atoms with E-state index in [0.29, 0.717) is 12.1 Å². The molecule has 0 saturated carbocycles. The van der Waals surface area contributed by atoms with Crippen LogP contribution in [0.25, 0.3) is 0 Å². The number of hydrogen-bond donors (Lipinski definition) is 1. The monoisotopic (exact) mass is 288 g/mol. The van der Waals surface area contributed by atoms with Crippen LogP contribution in [0.2, 0.25) is 0 Å². The summed E-state index contributed by atoms with van der Waals surface area (Å²) in [5, 5.41) is 3.75. The van der Waals surface area contributed by atoms with E-state index in [2.05, 4.69) is 47.5 Å². The first-order valence-corrected chi connectivity index (χ1v) is 8.47. The van der Waals surface area contributed by atoms with Gasteiger partial charge in [0, 0.05) is 38.3 Å². The van der Waals surface area contributed by atoms with E-state index in [1.807, 2.05) is 0 Å². The Kier molecular flexibility index (Phi) is 5.28. The fourth-order valence-corrected chi connectivity index (χ4v) is 3.66. The average molecular weight is 288 g/mol. The van der Waals surface area contributed by atoms with Crippen LogP contribution >= 0.6 is 0 Å². The van der Waals surface area contributed by atoms with Crippen LogP contribution in [-0.2, 0) is 4.74 Å². The number of rotatable bonds is 5. The highest BCUT2D eigenvalue weighted by molar-refractivity contribution is 5.20. The molecule has 1 N–H and O–H groups in total. The summed E-state index contributed by atoms with van der Waals surface area (Å²) in [6, 6.07) is 12.0. The first-order chi connectivity index (χ1) is 10.4. The van der Waals surface area contributed by atoms with Gasteiger partial charge in [0.1, 0.15) is 0 Å². The summed E-state index contributed by atoms with van der Waals surface area (Å²) in [4.78, 5) is 2.72. The molecule has 2 heterocycles. The van der Waals surface area contributed by atoms with Gasteiger partial charge in [-0.25, -0.2) is 0 Å². The van der Waals surface area contributed by atoms with E-state index in [-0.39, 0.29) is 0 Å². The van der Waals surface area contributed by atoms with Gasteiger partial charge < -0.3 is 10.1 Å². The Labute approximate surface area is 128 Å². The third-order valence-corrected chi connectivity index (χ3v) is 4.87. The summed E-state index contributed by atoms with van der Waals surface area (Å²) in [5.74, 6) is 0.735. The Morgan fingerprint density at radius 2 is 2.14 bits per heavy atom. The van der Waals surface area contributed by atoms with Crippen molar-refractivity contribution in [3.8, 4) is 0 Å². The highest BCUT2D eigenvalue weighted by Crippen LogP contribution is 2.24. The first kappa shape index (κ1) is 15.0. The molecule has 1 aromatic rings. The molecule has 2 aliphatic heterocycles. The van der Waals surface area contributed by atoms with Crippen molar-refractivity contribution >= 4 is 0 Å². The van der Waals surface area contributed by atoms with E-state index in [9.17, 15) is 0 Å². The lowest BCUT2D eigenvalue weighted by Gasteiger charge is -2.41. The van der Waals surface area contributed by atoms with E-state index in [1.54, 1.807) is 0 Å². The topological polar surface area (TPSA) is 24.5 Å². The molecule has 3 heteroatoms. The first-order valence-electron chi connectivity index (χ1n) is 8.47. The standard InChI is InChI=1S/C18H28N2O/c1-2-6-17-11-19-18(16-7-4-3-5-8-16)13-20(17)12-15-9-10-21-14-15/h3-5,7-8,15,17-19H,2,6,9-14H2,1H3. The van der Waals surface area contributed by atoms with Gasteiger partial charge in [0.15, 0.2) is 0 Å². The van der Waals surface area contributed by atoms with Crippen LogP contribution in [0.1, 0.15) is 37.8 Å². The van der Waals surface area contributed by atoms with E-state index in [0.717, 1.165) is 32.2 Å². The molecule has 3 rings (SSSR count). The van der Waals surface area contributed by atoms with E-state index in [1.165, 1.54) is 31.4 Å². The van der Waals surface area contributed by atoms with Crippen molar-refractivity contribution in [2.75, 3.05) is 32.8 Å². The van der Waals surface area contributed by atoms with Gasteiger partial charge in [-0.15, -0.1) is 0 Å². The predicted molar refractivity (Wildman–Crippen MR) is 86.4 cm³/mol. The highest BCUT2D eigenvalue weighted by atomic mass is 16.5. The minimum atomic E-state index is 0.474. The molecule has 3 unspecified atom stereocenters. The van der Waals surface area contributed by atoms with Crippen LogP contribution in [-0.4, -0.2) is 43.8 Å². The molecule has 3 atom stereocenters. The van der Waals surface area contributed by atoms with E-state index >= 15 is 0 Å². The molecule has 2 fully saturated rings. The van der Waals surface area contributed by atoms with Crippen molar-refractivity contribution in [1.82, 2.24) is 10.2 Å². The van der Waals surface area contributed by atoms with Crippen molar-refractivity contribution in [3.05, 3.63) is 35.9 Å². The average Bonchev–Trinajstić information content (AvgIpc) is 3.03. The largest absolute Gasteiger partial charge is 0.381 e. The summed E-state index contributed by atoms with van der Waals surface area (Å²) in [7, 11) is 0. The van der Waals surface area contributed by atoms with Crippen LogP contribution < -0.4 is 5.32 Å². The quantitative estimate of drug-likeness (QED) is 0.901. The lowest BCUT2D eigenvalue weighted by Crippen LogP contribution is -2.53. The van der Waals surface area contributed by atoms with Gasteiger partial charge >= 0.3 is 0 Å². The third-order valence-electron chi connectivity index (χ3n) is 4.87. The Morgan fingerprint density at radius 3 is 2.86 bits per heavy atom. The molecular weight excluding hydrogens is 260 g/mol. The Morgan fingerprint density at radius 1 is 1.29 bits per heavy atom. The smallest absolute Gasteiger partial charge is 0.0507 e. The Balaban J connectivity index is 1.65. The number of nitrogens with zero attached hydrogens (tertiary/aromatic N) is 1. The fourth-order valence-electron chi connectivity index (χ4n) is 3.66. The third kappa shape index (κ3) is 3.85. The molecule has 0 radical (unpaired) electrons. The van der Waals surface area contributed by atoms with Crippen LogP contribution in [0.15, 0.2) is 30.3 Å². The van der Waals surface area contributed by atoms with Crippen molar-refractivity contribution in [2.24, 2.45) is 5.92 Å². The van der Waals surface area contributed by atoms with Crippen LogP contribution in [0, 0.1) is 5.92 Å². The van der Waals surface area contributed by atoms with Gasteiger partial charge in [0.05, 0.1) is 6.61 Å². The van der Waals surface area contributed by atoms with Crippen molar-refractivity contribution in [2.45, 2.75) is 38.3 Å². The number of nitrogens with one attached hydrogen (secondary N) is 1. The summed E-state index contributed by atoms with van der Waals surface area (Å²) < 4.78 is 5.56. The van der Waals surface area contributed by atoms with Gasteiger partial charge in [0.25, 0.3) is 0 Å². The minimum Gasteiger partial charge on any atom is -0.381 e. The maximum atomic E-state index is 5.56. The molecule has 0 spiro atoms. The maximum Gasteiger partial charge on any atom is 0.0507 e. The van der Waals surface area contributed by atoms with Crippen LogP contribution in [0.5, 0.6) is 0 Å². The molecule has 116 valence electrons. The van der Waals surface area contributed by atoms with E-state index in [4.69, 9.17) is 4.74 Å². The molecule has 0 amide bonds. The second kappa shape index (κ2) is 7.39. The lowest BCUT2D eigenvalue weighted by atomic mass is 9.97. The fraction of sp³-hybridized carbons (Fsp3) is 0.667. The molecule has 3 nitrogen and oxygen atoms in total. The van der Waals surface area contributed by atoms with Gasteiger partial charge in [-0.2, -0.15) is 0 Å². The number of piperazine rings is 1. The van der Waals surface area contributed by atoms with Gasteiger partial charge in [0.2, 0.25) is 0 Å². The zero-order valence-electron chi connectivity index (χ0n) is 13.1. The summed E-state index contributed by atoms with van der Waals surface area (Å²) in [5.41, 5.74) is 1.42. The van der Waals surface area contributed by atoms with Gasteiger partial charge in [-0.05, 0) is 24.3 Å². The molecular formula is C18H28N2O. The zero-order chi connectivity index (χ0) is 14.5. The summed E-state index contributed by atoms with van der Waals surface area (Å²) in [6.45, 7) is 7.65. The molecule has 1 aromatic carbocycles. The van der Waals surface area contributed by atoms with Crippen LogP contribution in [0.4, 0.5) is 0 Å². The maximum absolute atomic E-state index is 5.56. The van der Waals surface area contributed by atoms with Crippen molar-refractivity contribution < 1.29 is 4.74 Å². The van der Waals surface area contributed by atoms with Crippen molar-refractivity contribution in [3.63, 3.8) is 0 Å². The summed E-state index contributed by atoms with van der Waals surface area (Å²) in [6.07, 6.45) is 3.79. The van der Waals surface area contributed by atoms with Crippen LogP contribution in [0.3, 0.4) is 0 Å². The lowest BCUT2D eigenvalue weighted by molar-refractivity contribution is 0.0961. The second-order valence-corrected chi connectivity index (χ2v) is 6.50. The second-order valence-electron chi connectivity index (χ2n) is 6.50. The zero-order valence-corrected chi connectivity index (χ0v) is 13.1. The molecule has 0 aromatic heterocycles. The minimum absolute atomic E-state index is 0.474. The molecule has 21 heavy (non-hydrogen) atoms. The SMILES string of the molecule is CCCC1CNC(c2ccccc2)CN1CC1CCOC1. The molecule has 0 aliphatic carbocycles. The van der Waals surface area contributed by atoms with Crippen molar-refractivity contribution in [1.29, 1.82) is 0 Å². The molecule has 2 aliphatic rings. The number of ether oxygens (including phenoxy) is 1. The normalized spacial score (nSPS) is 30.6. The number of benzene rings is 1. The molecule has 0 bridgehead atoms. The van der Waals surface area contributed by atoms with Gasteiger partial charge in [-0.1, -0.05) is 43.7 Å². The number of hydrogen-bond acceptors (Lipinski definition) is 3. The summed E-state index contributed by atoms with van der Waals surface area (Å²) >= 11 is 0. The highest BCUT2D eigenvalue weighted by Gasteiger charge is 2.30. The predicted octanol–water partition coefficient (Wildman–Crippen LogP) is 2.84. The van der Waals surface area contributed by atoms with Gasteiger partial charge in [-0.3, -0.25) is 4.90 Å². The Bertz CT molecular complexity index is 416.